The number of aromatic nitrogens is 2. The van der Waals surface area contributed by atoms with E-state index in [4.69, 9.17) is 21.1 Å². The molecule has 31 heavy (non-hydrogen) atoms. The zero-order chi connectivity index (χ0) is 22.2. The quantitative estimate of drug-likeness (QED) is 0.503. The van der Waals surface area contributed by atoms with Crippen LogP contribution in [-0.4, -0.2) is 41.0 Å². The highest BCUT2D eigenvalue weighted by atomic mass is 35.5. The largest absolute Gasteiger partial charge is 0.490 e. The van der Waals surface area contributed by atoms with E-state index in [2.05, 4.69) is 25.8 Å². The van der Waals surface area contributed by atoms with Gasteiger partial charge in [0.1, 0.15) is 5.56 Å². The van der Waals surface area contributed by atoms with E-state index in [1.165, 1.54) is 6.07 Å². The third-order valence-electron chi connectivity index (χ3n) is 5.45. The molecule has 0 saturated carbocycles. The van der Waals surface area contributed by atoms with Gasteiger partial charge in [-0.05, 0) is 30.4 Å². The number of methoxy groups -OCH3 is 1. The van der Waals surface area contributed by atoms with E-state index in [-0.39, 0.29) is 35.7 Å². The Morgan fingerprint density at radius 1 is 1.32 bits per heavy atom. The van der Waals surface area contributed by atoms with Crippen LogP contribution >= 0.6 is 25.1 Å². The Hall–Kier alpha value is -2.03. The highest BCUT2D eigenvalue weighted by Crippen LogP contribution is 2.44. The first kappa shape index (κ1) is 25.2. The normalized spacial score (nSPS) is 15.0. The maximum atomic E-state index is 12.6. The molecule has 3 heterocycles. The number of aromatic carboxylic acids is 1. The Morgan fingerprint density at radius 2 is 2.00 bits per heavy atom. The Labute approximate surface area is 193 Å². The highest BCUT2D eigenvalue weighted by molar-refractivity contribution is 7.59. The van der Waals surface area contributed by atoms with E-state index in [0.29, 0.717) is 42.5 Å². The number of carboxylic acids is 1. The van der Waals surface area contributed by atoms with Gasteiger partial charge in [-0.2, -0.15) is 13.5 Å². The molecular weight excluding hydrogens is 440 g/mol. The summed E-state index contributed by atoms with van der Waals surface area (Å²) in [5.41, 5.74) is 1.57. The number of fused-ring (bicyclic) bond motifs is 3. The summed E-state index contributed by atoms with van der Waals surface area (Å²) in [4.78, 5) is 28.8. The van der Waals surface area contributed by atoms with Gasteiger partial charge in [0.15, 0.2) is 16.3 Å². The number of pyridine rings is 2. The van der Waals surface area contributed by atoms with Crippen LogP contribution in [0, 0.1) is 12.3 Å². The first-order chi connectivity index (χ1) is 14.1. The second kappa shape index (κ2) is 9.63. The van der Waals surface area contributed by atoms with Crippen LogP contribution < -0.4 is 10.2 Å². The third-order valence-corrected chi connectivity index (χ3v) is 5.72. The van der Waals surface area contributed by atoms with Crippen molar-refractivity contribution in [3.8, 4) is 17.1 Å². The molecule has 0 aromatic carbocycles. The lowest BCUT2D eigenvalue weighted by Gasteiger charge is -2.40. The number of carboxylic acid groups (broad SMARTS) is 1. The highest BCUT2D eigenvalue weighted by Gasteiger charge is 2.36. The zero-order valence-corrected chi connectivity index (χ0v) is 20.2. The molecule has 0 unspecified atom stereocenters. The first-order valence-corrected chi connectivity index (χ1v) is 10.2. The molecular formula is C22H29ClN2O5S. The smallest absolute Gasteiger partial charge is 0.341 e. The Balaban J connectivity index is 0.00000341. The molecule has 1 aliphatic rings. The molecule has 7 nitrogen and oxygen atoms in total. The second-order valence-electron chi connectivity index (χ2n) is 8.60. The van der Waals surface area contributed by atoms with Crippen LogP contribution in [-0.2, 0) is 11.2 Å². The Bertz CT molecular complexity index is 1050. The van der Waals surface area contributed by atoms with Crippen LogP contribution in [0.2, 0.25) is 5.15 Å². The van der Waals surface area contributed by atoms with Gasteiger partial charge in [0.05, 0.1) is 18.0 Å². The van der Waals surface area contributed by atoms with E-state index < -0.39 is 11.4 Å². The minimum Gasteiger partial charge on any atom is -0.490 e. The summed E-state index contributed by atoms with van der Waals surface area (Å²) < 4.78 is 12.8. The van der Waals surface area contributed by atoms with Crippen molar-refractivity contribution in [1.29, 1.82) is 0 Å². The van der Waals surface area contributed by atoms with E-state index in [1.807, 2.05) is 10.6 Å². The molecule has 1 N–H and O–H groups in total. The summed E-state index contributed by atoms with van der Waals surface area (Å²) in [6.45, 7) is 8.99. The van der Waals surface area contributed by atoms with Gasteiger partial charge in [0, 0.05) is 37.9 Å². The fourth-order valence-electron chi connectivity index (χ4n) is 3.96. The summed E-state index contributed by atoms with van der Waals surface area (Å²) in [6.07, 6.45) is 1.34. The van der Waals surface area contributed by atoms with Gasteiger partial charge in [-0.25, -0.2) is 9.78 Å². The molecule has 0 spiro atoms. The van der Waals surface area contributed by atoms with Crippen LogP contribution in [0.3, 0.4) is 0 Å². The lowest BCUT2D eigenvalue weighted by Crippen LogP contribution is -2.35. The molecule has 0 saturated heterocycles. The van der Waals surface area contributed by atoms with Crippen molar-refractivity contribution in [2.45, 2.75) is 46.6 Å². The predicted molar refractivity (Wildman–Crippen MR) is 125 cm³/mol. The summed E-state index contributed by atoms with van der Waals surface area (Å²) in [6, 6.07) is 3.17. The van der Waals surface area contributed by atoms with Crippen LogP contribution in [0.4, 0.5) is 0 Å². The van der Waals surface area contributed by atoms with Gasteiger partial charge in [-0.15, -0.1) is 0 Å². The predicted octanol–water partition coefficient (Wildman–Crippen LogP) is 4.24. The van der Waals surface area contributed by atoms with Gasteiger partial charge < -0.3 is 19.1 Å². The molecule has 0 fully saturated rings. The SMILES string of the molecule is COCCCOc1cc2c(nc1Cl)-c1cc(=O)c(C(=O)O)c(C)n1[C@H](C(C)(C)C)C2.S. The summed E-state index contributed by atoms with van der Waals surface area (Å²) in [5, 5.41) is 9.77. The first-order valence-electron chi connectivity index (χ1n) is 9.87. The van der Waals surface area contributed by atoms with E-state index in [0.717, 1.165) is 12.0 Å². The fourth-order valence-corrected chi connectivity index (χ4v) is 4.15. The lowest BCUT2D eigenvalue weighted by atomic mass is 9.79. The molecule has 3 rings (SSSR count). The van der Waals surface area contributed by atoms with Crippen LogP contribution in [0.15, 0.2) is 16.9 Å². The van der Waals surface area contributed by atoms with Crippen LogP contribution in [0.25, 0.3) is 11.4 Å². The Morgan fingerprint density at radius 3 is 2.58 bits per heavy atom. The van der Waals surface area contributed by atoms with Crippen LogP contribution in [0.5, 0.6) is 5.75 Å². The van der Waals surface area contributed by atoms with E-state index in [1.54, 1.807) is 14.0 Å². The minimum absolute atomic E-state index is 0. The number of carbonyl (C=O) groups is 1. The molecule has 0 radical (unpaired) electrons. The average Bonchev–Trinajstić information content (AvgIpc) is 2.64. The molecule has 170 valence electrons. The third kappa shape index (κ3) is 4.91. The van der Waals surface area contributed by atoms with Crippen molar-refractivity contribution in [1.82, 2.24) is 9.55 Å². The zero-order valence-electron chi connectivity index (χ0n) is 18.4. The van der Waals surface area contributed by atoms with Crippen molar-refractivity contribution in [2.75, 3.05) is 20.3 Å². The van der Waals surface area contributed by atoms with Crippen molar-refractivity contribution in [2.24, 2.45) is 5.41 Å². The standard InChI is InChI=1S/C22H27ClN2O5.H2S/c1-12-18(21(27)28)15(26)11-14-19-13(10-17(25(12)14)22(2,3)4)9-16(20(23)24-19)30-8-6-7-29-5;/h9,11,17H,6-8,10H2,1-5H3,(H,27,28);1H2/t17-;/m0./s1. The fraction of sp³-hybridized carbons (Fsp3) is 0.500. The van der Waals surface area contributed by atoms with Gasteiger partial charge in [-0.3, -0.25) is 4.79 Å². The lowest BCUT2D eigenvalue weighted by molar-refractivity contribution is 0.0692. The van der Waals surface area contributed by atoms with Crippen molar-refractivity contribution < 1.29 is 19.4 Å². The molecule has 1 aliphatic heterocycles. The van der Waals surface area contributed by atoms with Gasteiger partial charge in [0.2, 0.25) is 0 Å². The monoisotopic (exact) mass is 468 g/mol. The number of hydrogen-bond acceptors (Lipinski definition) is 5. The second-order valence-corrected chi connectivity index (χ2v) is 8.95. The minimum atomic E-state index is -1.22. The summed E-state index contributed by atoms with van der Waals surface area (Å²) in [5.74, 6) is -0.731. The Kier molecular flexibility index (Phi) is 7.84. The van der Waals surface area contributed by atoms with Gasteiger partial charge >= 0.3 is 5.97 Å². The molecule has 2 aromatic rings. The average molecular weight is 469 g/mol. The summed E-state index contributed by atoms with van der Waals surface area (Å²) in [7, 11) is 1.64. The molecule has 1 atom stereocenters. The molecule has 0 amide bonds. The van der Waals surface area contributed by atoms with Gasteiger partial charge in [0.25, 0.3) is 0 Å². The summed E-state index contributed by atoms with van der Waals surface area (Å²) >= 11 is 6.38. The molecule has 0 aliphatic carbocycles. The maximum Gasteiger partial charge on any atom is 0.341 e. The number of ether oxygens (including phenoxy) is 2. The van der Waals surface area contributed by atoms with Crippen molar-refractivity contribution >= 4 is 31.1 Å². The number of hydrogen-bond donors (Lipinski definition) is 1. The molecule has 9 heteroatoms. The number of rotatable bonds is 6. The topological polar surface area (TPSA) is 90.7 Å². The molecule has 0 bridgehead atoms. The maximum absolute atomic E-state index is 12.6. The van der Waals surface area contributed by atoms with Crippen molar-refractivity contribution in [3.05, 3.63) is 44.3 Å². The number of halogens is 1. The van der Waals surface area contributed by atoms with E-state index in [9.17, 15) is 14.7 Å². The molecule has 2 aromatic heterocycles. The van der Waals surface area contributed by atoms with Crippen molar-refractivity contribution in [3.63, 3.8) is 0 Å². The van der Waals surface area contributed by atoms with Gasteiger partial charge in [-0.1, -0.05) is 32.4 Å². The van der Waals surface area contributed by atoms with E-state index >= 15 is 0 Å². The number of nitrogens with zero attached hydrogens (tertiary/aromatic N) is 2. The van der Waals surface area contributed by atoms with Crippen LogP contribution in [0.1, 0.15) is 54.8 Å².